The lowest BCUT2D eigenvalue weighted by molar-refractivity contribution is -0.132. The molecule has 3 rings (SSSR count). The summed E-state index contributed by atoms with van der Waals surface area (Å²) in [4.78, 5) is 25.1. The zero-order valence-corrected chi connectivity index (χ0v) is 12.8. The molecule has 1 saturated heterocycles. The number of thiophene rings is 1. The van der Waals surface area contributed by atoms with Crippen molar-refractivity contribution < 1.29 is 14.7 Å². The zero-order valence-electron chi connectivity index (χ0n) is 12.0. The van der Waals surface area contributed by atoms with Crippen LogP contribution >= 0.6 is 11.3 Å². The molecule has 0 bridgehead atoms. The van der Waals surface area contributed by atoms with Crippen LogP contribution in [0.3, 0.4) is 0 Å². The predicted octanol–water partition coefficient (Wildman–Crippen LogP) is 2.05. The van der Waals surface area contributed by atoms with Crippen LogP contribution in [0.1, 0.15) is 34.8 Å². The number of carbonyl (C=O) groups excluding carboxylic acids is 1. The molecule has 6 nitrogen and oxygen atoms in total. The van der Waals surface area contributed by atoms with Crippen LogP contribution in [0.4, 0.5) is 0 Å². The maximum atomic E-state index is 12.4. The van der Waals surface area contributed by atoms with Crippen LogP contribution in [0.25, 0.3) is 0 Å². The van der Waals surface area contributed by atoms with E-state index in [2.05, 4.69) is 5.10 Å². The molecular formula is C15H17N3O3S. The highest BCUT2D eigenvalue weighted by Gasteiger charge is 2.25. The number of hydrogen-bond acceptors (Lipinski definition) is 4. The third-order valence-electron chi connectivity index (χ3n) is 3.91. The fourth-order valence-corrected chi connectivity index (χ4v) is 3.39. The van der Waals surface area contributed by atoms with Gasteiger partial charge in [0.25, 0.3) is 0 Å². The lowest BCUT2D eigenvalue weighted by Gasteiger charge is -2.33. The molecule has 1 aliphatic rings. The molecule has 7 heteroatoms. The Kier molecular flexibility index (Phi) is 4.24. The van der Waals surface area contributed by atoms with E-state index in [4.69, 9.17) is 5.11 Å². The van der Waals surface area contributed by atoms with Crippen molar-refractivity contribution in [2.75, 3.05) is 13.1 Å². The Morgan fingerprint density at radius 3 is 3.00 bits per heavy atom. The molecule has 1 unspecified atom stereocenters. The minimum absolute atomic E-state index is 0.0493. The van der Waals surface area contributed by atoms with Gasteiger partial charge in [-0.2, -0.15) is 16.4 Å². The van der Waals surface area contributed by atoms with Crippen molar-refractivity contribution in [3.63, 3.8) is 0 Å². The molecule has 22 heavy (non-hydrogen) atoms. The Labute approximate surface area is 132 Å². The molecule has 2 aromatic heterocycles. The molecule has 0 saturated carbocycles. The van der Waals surface area contributed by atoms with Crippen LogP contribution in [-0.2, 0) is 11.2 Å². The zero-order chi connectivity index (χ0) is 15.5. The number of aromatic carboxylic acids is 1. The van der Waals surface area contributed by atoms with Gasteiger partial charge in [0.15, 0.2) is 0 Å². The number of aromatic nitrogens is 2. The van der Waals surface area contributed by atoms with Crippen LogP contribution in [-0.4, -0.2) is 44.8 Å². The summed E-state index contributed by atoms with van der Waals surface area (Å²) in [6, 6.07) is 2.02. The van der Waals surface area contributed by atoms with E-state index in [1.165, 1.54) is 6.20 Å². The highest BCUT2D eigenvalue weighted by atomic mass is 32.1. The van der Waals surface area contributed by atoms with Crippen molar-refractivity contribution in [1.29, 1.82) is 0 Å². The number of carboxylic acid groups (broad SMARTS) is 1. The molecule has 0 aromatic carbocycles. The van der Waals surface area contributed by atoms with E-state index in [9.17, 15) is 9.59 Å². The van der Waals surface area contributed by atoms with Crippen LogP contribution in [0.2, 0.25) is 0 Å². The van der Waals surface area contributed by atoms with E-state index >= 15 is 0 Å². The number of hydrogen-bond donors (Lipinski definition) is 1. The van der Waals surface area contributed by atoms with Gasteiger partial charge in [0.05, 0.1) is 24.2 Å². The quantitative estimate of drug-likeness (QED) is 0.936. The number of carboxylic acids is 1. The highest BCUT2D eigenvalue weighted by molar-refractivity contribution is 7.07. The van der Waals surface area contributed by atoms with Crippen molar-refractivity contribution in [3.05, 3.63) is 40.3 Å². The molecular weight excluding hydrogens is 302 g/mol. The Hall–Kier alpha value is -2.15. The first-order chi connectivity index (χ1) is 10.6. The standard InChI is InChI=1S/C15H17N3O3S/c19-14(6-11-3-5-22-10-11)17-4-1-2-13(9-17)18-8-12(7-16-18)15(20)21/h3,5,7-8,10,13H,1-2,4,6,9H2,(H,20,21). The van der Waals surface area contributed by atoms with Gasteiger partial charge < -0.3 is 10.0 Å². The topological polar surface area (TPSA) is 75.4 Å². The largest absolute Gasteiger partial charge is 0.478 e. The number of carbonyl (C=O) groups is 2. The summed E-state index contributed by atoms with van der Waals surface area (Å²) in [6.07, 6.45) is 5.13. The molecule has 1 atom stereocenters. The molecule has 116 valence electrons. The van der Waals surface area contributed by atoms with Crippen molar-refractivity contribution in [3.8, 4) is 0 Å². The summed E-state index contributed by atoms with van der Waals surface area (Å²) < 4.78 is 1.67. The van der Waals surface area contributed by atoms with E-state index in [1.54, 1.807) is 22.2 Å². The monoisotopic (exact) mass is 319 g/mol. The third kappa shape index (κ3) is 3.19. The van der Waals surface area contributed by atoms with Crippen molar-refractivity contribution in [2.24, 2.45) is 0 Å². The van der Waals surface area contributed by atoms with E-state index in [1.807, 2.05) is 21.7 Å². The second-order valence-corrected chi connectivity index (χ2v) is 6.24. The average molecular weight is 319 g/mol. The predicted molar refractivity (Wildman–Crippen MR) is 82.1 cm³/mol. The van der Waals surface area contributed by atoms with Gasteiger partial charge in [0.1, 0.15) is 0 Å². The van der Waals surface area contributed by atoms with Gasteiger partial charge in [-0.15, -0.1) is 0 Å². The van der Waals surface area contributed by atoms with Gasteiger partial charge in [0.2, 0.25) is 5.91 Å². The first-order valence-electron chi connectivity index (χ1n) is 7.20. The van der Waals surface area contributed by atoms with Gasteiger partial charge in [-0.3, -0.25) is 9.48 Å². The number of rotatable bonds is 4. The van der Waals surface area contributed by atoms with Crippen LogP contribution in [0, 0.1) is 0 Å². The minimum atomic E-state index is -0.979. The average Bonchev–Trinajstić information content (AvgIpc) is 3.18. The van der Waals surface area contributed by atoms with Gasteiger partial charge in [-0.05, 0) is 35.2 Å². The number of nitrogens with zero attached hydrogens (tertiary/aromatic N) is 3. The van der Waals surface area contributed by atoms with E-state index < -0.39 is 5.97 Å². The number of amides is 1. The van der Waals surface area contributed by atoms with Gasteiger partial charge >= 0.3 is 5.97 Å². The smallest absolute Gasteiger partial charge is 0.338 e. The van der Waals surface area contributed by atoms with Gasteiger partial charge in [-0.1, -0.05) is 0 Å². The van der Waals surface area contributed by atoms with Crippen molar-refractivity contribution >= 4 is 23.2 Å². The molecule has 0 aliphatic carbocycles. The first-order valence-corrected chi connectivity index (χ1v) is 8.14. The van der Waals surface area contributed by atoms with E-state index in [0.717, 1.165) is 24.9 Å². The summed E-state index contributed by atoms with van der Waals surface area (Å²) in [5.41, 5.74) is 1.23. The van der Waals surface area contributed by atoms with Crippen molar-refractivity contribution in [1.82, 2.24) is 14.7 Å². The van der Waals surface area contributed by atoms with Gasteiger partial charge in [-0.25, -0.2) is 4.79 Å². The molecule has 0 spiro atoms. The Bertz CT molecular complexity index is 665. The molecule has 3 heterocycles. The normalized spacial score (nSPS) is 18.4. The molecule has 1 amide bonds. The lowest BCUT2D eigenvalue weighted by atomic mass is 10.0. The third-order valence-corrected chi connectivity index (χ3v) is 4.64. The van der Waals surface area contributed by atoms with Crippen LogP contribution in [0.5, 0.6) is 0 Å². The lowest BCUT2D eigenvalue weighted by Crippen LogP contribution is -2.41. The summed E-state index contributed by atoms with van der Waals surface area (Å²) in [6.45, 7) is 1.34. The Balaban J connectivity index is 1.65. The molecule has 1 aliphatic heterocycles. The Morgan fingerprint density at radius 1 is 1.45 bits per heavy atom. The summed E-state index contributed by atoms with van der Waals surface area (Å²) >= 11 is 1.59. The molecule has 1 N–H and O–H groups in total. The Morgan fingerprint density at radius 2 is 2.32 bits per heavy atom. The molecule has 1 fully saturated rings. The fourth-order valence-electron chi connectivity index (χ4n) is 2.73. The molecule has 2 aromatic rings. The maximum absolute atomic E-state index is 12.4. The minimum Gasteiger partial charge on any atom is -0.478 e. The summed E-state index contributed by atoms with van der Waals surface area (Å²) in [7, 11) is 0. The highest BCUT2D eigenvalue weighted by Crippen LogP contribution is 2.22. The summed E-state index contributed by atoms with van der Waals surface area (Å²) in [5, 5.41) is 17.1. The second-order valence-electron chi connectivity index (χ2n) is 5.46. The number of piperidine rings is 1. The fraction of sp³-hybridized carbons (Fsp3) is 0.400. The second kappa shape index (κ2) is 6.31. The number of likely N-dealkylation sites (tertiary alicyclic amines) is 1. The summed E-state index contributed by atoms with van der Waals surface area (Å²) in [5.74, 6) is -0.860. The van der Waals surface area contributed by atoms with Crippen LogP contribution < -0.4 is 0 Å². The van der Waals surface area contributed by atoms with Crippen molar-refractivity contribution in [2.45, 2.75) is 25.3 Å². The molecule has 0 radical (unpaired) electrons. The van der Waals surface area contributed by atoms with E-state index in [0.29, 0.717) is 13.0 Å². The van der Waals surface area contributed by atoms with E-state index in [-0.39, 0.29) is 17.5 Å². The van der Waals surface area contributed by atoms with Crippen LogP contribution in [0.15, 0.2) is 29.2 Å². The first kappa shape index (κ1) is 14.8. The SMILES string of the molecule is O=C(O)c1cnn(C2CCCN(C(=O)Cc3ccsc3)C2)c1. The maximum Gasteiger partial charge on any atom is 0.338 e. The van der Waals surface area contributed by atoms with Gasteiger partial charge in [0, 0.05) is 19.3 Å².